The summed E-state index contributed by atoms with van der Waals surface area (Å²) < 4.78 is 0. The van der Waals surface area contributed by atoms with Crippen molar-refractivity contribution in [1.82, 2.24) is 14.8 Å². The third-order valence-corrected chi connectivity index (χ3v) is 3.48. The second-order valence-electron chi connectivity index (χ2n) is 4.94. The minimum atomic E-state index is -1.09. The summed E-state index contributed by atoms with van der Waals surface area (Å²) in [6.45, 7) is 4.25. The number of likely N-dealkylation sites (N-methyl/N-ethyl adjacent to an activating group) is 1. The molecule has 2 rings (SSSR count). The monoisotopic (exact) mass is 278 g/mol. The van der Waals surface area contributed by atoms with Crippen molar-refractivity contribution in [3.05, 3.63) is 24.0 Å². The average molecular weight is 278 g/mol. The number of anilines is 1. The van der Waals surface area contributed by atoms with Crippen molar-refractivity contribution in [1.29, 1.82) is 0 Å². The van der Waals surface area contributed by atoms with E-state index in [4.69, 9.17) is 5.11 Å². The van der Waals surface area contributed by atoms with E-state index < -0.39 is 5.97 Å². The molecule has 20 heavy (non-hydrogen) atoms. The first-order chi connectivity index (χ1) is 9.47. The van der Waals surface area contributed by atoms with E-state index in [1.807, 2.05) is 7.05 Å². The number of hydrogen-bond acceptors (Lipinski definition) is 4. The molecule has 0 spiro atoms. The lowest BCUT2D eigenvalue weighted by molar-refractivity contribution is 0.0690. The van der Waals surface area contributed by atoms with Crippen LogP contribution < -0.4 is 5.32 Å². The van der Waals surface area contributed by atoms with Crippen molar-refractivity contribution in [2.75, 3.05) is 32.0 Å². The second kappa shape index (κ2) is 5.87. The Balaban J connectivity index is 1.96. The summed E-state index contributed by atoms with van der Waals surface area (Å²) in [5, 5.41) is 11.5. The Morgan fingerprint density at radius 1 is 1.40 bits per heavy atom. The molecule has 1 saturated heterocycles. The van der Waals surface area contributed by atoms with Gasteiger partial charge in [0.2, 0.25) is 0 Å². The summed E-state index contributed by atoms with van der Waals surface area (Å²) in [6.07, 6.45) is 1.35. The molecule has 0 radical (unpaired) electrons. The number of carboxylic acid groups (broad SMARTS) is 1. The second-order valence-corrected chi connectivity index (χ2v) is 4.94. The third kappa shape index (κ3) is 3.24. The number of piperazine rings is 1. The van der Waals surface area contributed by atoms with E-state index in [0.717, 1.165) is 6.54 Å². The highest BCUT2D eigenvalue weighted by Gasteiger charge is 2.24. The van der Waals surface area contributed by atoms with E-state index in [1.54, 1.807) is 4.90 Å². The van der Waals surface area contributed by atoms with Crippen LogP contribution in [0, 0.1) is 0 Å². The molecule has 7 heteroatoms. The molecule has 108 valence electrons. The Hall–Kier alpha value is -2.15. The number of carbonyl (C=O) groups is 2. The summed E-state index contributed by atoms with van der Waals surface area (Å²) in [6, 6.07) is 3.04. The molecule has 0 bridgehead atoms. The Bertz CT molecular complexity index is 503. The van der Waals surface area contributed by atoms with E-state index >= 15 is 0 Å². The first-order valence-corrected chi connectivity index (χ1v) is 6.43. The fourth-order valence-corrected chi connectivity index (χ4v) is 2.03. The maximum atomic E-state index is 12.1. The fourth-order valence-electron chi connectivity index (χ4n) is 2.03. The Morgan fingerprint density at radius 2 is 2.15 bits per heavy atom. The van der Waals surface area contributed by atoms with Gasteiger partial charge in [-0.2, -0.15) is 0 Å². The van der Waals surface area contributed by atoms with E-state index in [2.05, 4.69) is 22.1 Å². The van der Waals surface area contributed by atoms with Crippen molar-refractivity contribution in [2.45, 2.75) is 13.0 Å². The van der Waals surface area contributed by atoms with Crippen molar-refractivity contribution in [3.8, 4) is 0 Å². The van der Waals surface area contributed by atoms with Crippen molar-refractivity contribution < 1.29 is 14.7 Å². The summed E-state index contributed by atoms with van der Waals surface area (Å²) >= 11 is 0. The average Bonchev–Trinajstić information content (AvgIpc) is 2.42. The molecule has 1 fully saturated rings. The Kier molecular flexibility index (Phi) is 4.19. The molecular formula is C13H18N4O3. The summed E-state index contributed by atoms with van der Waals surface area (Å²) in [5.74, 6) is -1.09. The molecule has 2 heterocycles. The topological polar surface area (TPSA) is 85.8 Å². The number of nitrogens with one attached hydrogen (secondary N) is 1. The predicted molar refractivity (Wildman–Crippen MR) is 73.9 cm³/mol. The minimum Gasteiger partial charge on any atom is -0.477 e. The van der Waals surface area contributed by atoms with E-state index in [1.165, 1.54) is 18.3 Å². The lowest BCUT2D eigenvalue weighted by atomic mass is 10.2. The standard InChI is InChI=1S/C13H18N4O3/c1-9-8-17(6-5-16(9)2)13(20)15-10-3-4-11(12(18)19)14-7-10/h3-4,7,9H,5-6,8H2,1-2H3,(H,15,20)(H,18,19). The van der Waals surface area contributed by atoms with Gasteiger partial charge >= 0.3 is 12.0 Å². The molecule has 0 saturated carbocycles. The first kappa shape index (κ1) is 14.3. The number of rotatable bonds is 2. The van der Waals surface area contributed by atoms with Crippen LogP contribution in [0.3, 0.4) is 0 Å². The number of carbonyl (C=O) groups excluding carboxylic acids is 1. The Morgan fingerprint density at radius 3 is 2.70 bits per heavy atom. The summed E-state index contributed by atoms with van der Waals surface area (Å²) in [5.41, 5.74) is 0.447. The van der Waals surface area contributed by atoms with Gasteiger partial charge in [0.05, 0.1) is 11.9 Å². The number of amides is 2. The van der Waals surface area contributed by atoms with Gasteiger partial charge in [0.25, 0.3) is 0 Å². The molecule has 1 atom stereocenters. The normalized spacial score (nSPS) is 19.7. The van der Waals surface area contributed by atoms with Gasteiger partial charge in [0, 0.05) is 25.7 Å². The maximum absolute atomic E-state index is 12.1. The third-order valence-electron chi connectivity index (χ3n) is 3.48. The molecule has 7 nitrogen and oxygen atoms in total. The van der Waals surface area contributed by atoms with Crippen molar-refractivity contribution in [2.24, 2.45) is 0 Å². The van der Waals surface area contributed by atoms with Crippen LogP contribution in [0.4, 0.5) is 10.5 Å². The number of pyridine rings is 1. The molecule has 1 aliphatic heterocycles. The van der Waals surface area contributed by atoms with Crippen LogP contribution in [-0.2, 0) is 0 Å². The zero-order chi connectivity index (χ0) is 14.7. The number of carboxylic acids is 1. The predicted octanol–water partition coefficient (Wildman–Crippen LogP) is 0.948. The molecule has 1 aliphatic rings. The zero-order valence-electron chi connectivity index (χ0n) is 11.5. The molecule has 2 amide bonds. The van der Waals surface area contributed by atoms with Crippen LogP contribution in [0.15, 0.2) is 18.3 Å². The lowest BCUT2D eigenvalue weighted by Gasteiger charge is -2.37. The molecule has 1 aromatic heterocycles. The number of hydrogen-bond donors (Lipinski definition) is 2. The summed E-state index contributed by atoms with van der Waals surface area (Å²) in [4.78, 5) is 30.5. The van der Waals surface area contributed by atoms with Crippen LogP contribution >= 0.6 is 0 Å². The molecule has 1 aromatic rings. The quantitative estimate of drug-likeness (QED) is 0.841. The van der Waals surface area contributed by atoms with Crippen LogP contribution in [0.1, 0.15) is 17.4 Å². The van der Waals surface area contributed by atoms with Gasteiger partial charge in [-0.1, -0.05) is 0 Å². The van der Waals surface area contributed by atoms with E-state index in [9.17, 15) is 9.59 Å². The van der Waals surface area contributed by atoms with Crippen LogP contribution in [0.2, 0.25) is 0 Å². The highest BCUT2D eigenvalue weighted by Crippen LogP contribution is 2.11. The lowest BCUT2D eigenvalue weighted by Crippen LogP contribution is -2.53. The fraction of sp³-hybridized carbons (Fsp3) is 0.462. The number of urea groups is 1. The minimum absolute atomic E-state index is 0.0452. The molecule has 1 unspecified atom stereocenters. The van der Waals surface area contributed by atoms with E-state index in [-0.39, 0.29) is 11.7 Å². The molecule has 0 aliphatic carbocycles. The number of nitrogens with zero attached hydrogens (tertiary/aromatic N) is 3. The number of aromatic nitrogens is 1. The van der Waals surface area contributed by atoms with Gasteiger partial charge in [-0.3, -0.25) is 0 Å². The molecule has 2 N–H and O–H groups in total. The molecular weight excluding hydrogens is 260 g/mol. The van der Waals surface area contributed by atoms with Crippen molar-refractivity contribution in [3.63, 3.8) is 0 Å². The first-order valence-electron chi connectivity index (χ1n) is 6.43. The summed E-state index contributed by atoms with van der Waals surface area (Å²) in [7, 11) is 2.04. The molecule has 0 aromatic carbocycles. The highest BCUT2D eigenvalue weighted by atomic mass is 16.4. The van der Waals surface area contributed by atoms with Gasteiger partial charge in [-0.25, -0.2) is 14.6 Å². The van der Waals surface area contributed by atoms with E-state index in [0.29, 0.717) is 24.8 Å². The van der Waals surface area contributed by atoms with Gasteiger partial charge in [0.1, 0.15) is 5.69 Å². The van der Waals surface area contributed by atoms with Crippen molar-refractivity contribution >= 4 is 17.7 Å². The zero-order valence-corrected chi connectivity index (χ0v) is 11.5. The Labute approximate surface area is 117 Å². The van der Waals surface area contributed by atoms with Gasteiger partial charge < -0.3 is 20.2 Å². The van der Waals surface area contributed by atoms with Gasteiger partial charge in [-0.05, 0) is 26.1 Å². The SMILES string of the molecule is CC1CN(C(=O)Nc2ccc(C(=O)O)nc2)CCN1C. The largest absolute Gasteiger partial charge is 0.477 e. The van der Waals surface area contributed by atoms with Gasteiger partial charge in [-0.15, -0.1) is 0 Å². The number of aromatic carboxylic acids is 1. The highest BCUT2D eigenvalue weighted by molar-refractivity contribution is 5.90. The smallest absolute Gasteiger partial charge is 0.354 e. The van der Waals surface area contributed by atoms with Crippen LogP contribution in [-0.4, -0.2) is 64.6 Å². The maximum Gasteiger partial charge on any atom is 0.354 e. The van der Waals surface area contributed by atoms with Gasteiger partial charge in [0.15, 0.2) is 0 Å². The van der Waals surface area contributed by atoms with Crippen LogP contribution in [0.25, 0.3) is 0 Å². The van der Waals surface area contributed by atoms with Crippen LogP contribution in [0.5, 0.6) is 0 Å².